The maximum atomic E-state index is 12.0. The van der Waals surface area contributed by atoms with Crippen LogP contribution in [0.1, 0.15) is 51.9 Å². The number of carbonyl (C=O) groups is 1. The van der Waals surface area contributed by atoms with Gasteiger partial charge in [-0.05, 0) is 50.5 Å². The monoisotopic (exact) mass is 308 g/mol. The molecule has 126 valence electrons. The SMILES string of the molecule is COC(=O)C1CC(NCC2CCCC2)CN(C2CC(C)C2)C1. The quantitative estimate of drug-likeness (QED) is 0.792. The molecule has 1 aliphatic heterocycles. The summed E-state index contributed by atoms with van der Waals surface area (Å²) in [4.78, 5) is 14.6. The molecule has 3 fully saturated rings. The van der Waals surface area contributed by atoms with Crippen molar-refractivity contribution in [3.8, 4) is 0 Å². The van der Waals surface area contributed by atoms with Gasteiger partial charge < -0.3 is 10.1 Å². The average molecular weight is 308 g/mol. The molecule has 2 unspecified atom stereocenters. The van der Waals surface area contributed by atoms with E-state index in [1.54, 1.807) is 0 Å². The number of nitrogens with one attached hydrogen (secondary N) is 1. The Balaban J connectivity index is 1.54. The highest BCUT2D eigenvalue weighted by Gasteiger charge is 2.39. The molecular weight excluding hydrogens is 276 g/mol. The van der Waals surface area contributed by atoms with Gasteiger partial charge >= 0.3 is 5.97 Å². The Morgan fingerprint density at radius 1 is 1.18 bits per heavy atom. The molecule has 4 heteroatoms. The van der Waals surface area contributed by atoms with Crippen molar-refractivity contribution in [2.45, 2.75) is 64.0 Å². The minimum absolute atomic E-state index is 0.0234. The van der Waals surface area contributed by atoms with Crippen LogP contribution in [0.3, 0.4) is 0 Å². The zero-order valence-corrected chi connectivity index (χ0v) is 14.2. The smallest absolute Gasteiger partial charge is 0.310 e. The molecule has 0 aromatic heterocycles. The number of piperidine rings is 1. The van der Waals surface area contributed by atoms with Gasteiger partial charge in [-0.3, -0.25) is 9.69 Å². The summed E-state index contributed by atoms with van der Waals surface area (Å²) < 4.78 is 5.02. The lowest BCUT2D eigenvalue weighted by Gasteiger charge is -2.47. The zero-order chi connectivity index (χ0) is 15.5. The first kappa shape index (κ1) is 16.3. The molecule has 1 saturated heterocycles. The summed E-state index contributed by atoms with van der Waals surface area (Å²) in [7, 11) is 1.52. The van der Waals surface area contributed by atoms with Crippen LogP contribution in [0.15, 0.2) is 0 Å². The number of likely N-dealkylation sites (tertiary alicyclic amines) is 1. The number of hydrogen-bond acceptors (Lipinski definition) is 4. The number of rotatable bonds is 5. The Kier molecular flexibility index (Phi) is 5.40. The minimum atomic E-state index is -0.0234. The fourth-order valence-corrected chi connectivity index (χ4v) is 4.62. The first-order chi connectivity index (χ1) is 10.7. The van der Waals surface area contributed by atoms with E-state index in [1.165, 1.54) is 45.6 Å². The largest absolute Gasteiger partial charge is 0.469 e. The molecule has 3 aliphatic rings. The maximum Gasteiger partial charge on any atom is 0.310 e. The fourth-order valence-electron chi connectivity index (χ4n) is 4.62. The van der Waals surface area contributed by atoms with E-state index >= 15 is 0 Å². The molecular formula is C18H32N2O2. The Bertz CT molecular complexity index is 375. The van der Waals surface area contributed by atoms with Crippen LogP contribution >= 0.6 is 0 Å². The highest BCUT2D eigenvalue weighted by atomic mass is 16.5. The van der Waals surface area contributed by atoms with E-state index in [0.717, 1.165) is 37.9 Å². The van der Waals surface area contributed by atoms with Crippen molar-refractivity contribution < 1.29 is 9.53 Å². The summed E-state index contributed by atoms with van der Waals surface area (Å²) in [5, 5.41) is 3.77. The molecule has 1 N–H and O–H groups in total. The number of methoxy groups -OCH3 is 1. The molecule has 0 radical (unpaired) electrons. The van der Waals surface area contributed by atoms with Crippen molar-refractivity contribution in [2.24, 2.45) is 17.8 Å². The first-order valence-corrected chi connectivity index (χ1v) is 9.21. The lowest BCUT2D eigenvalue weighted by atomic mass is 9.79. The van der Waals surface area contributed by atoms with Crippen molar-refractivity contribution in [1.29, 1.82) is 0 Å². The van der Waals surface area contributed by atoms with Crippen molar-refractivity contribution in [3.63, 3.8) is 0 Å². The van der Waals surface area contributed by atoms with Crippen LogP contribution in [0, 0.1) is 17.8 Å². The van der Waals surface area contributed by atoms with Gasteiger partial charge in [0.1, 0.15) is 0 Å². The lowest BCUT2D eigenvalue weighted by molar-refractivity contribution is -0.148. The van der Waals surface area contributed by atoms with E-state index in [4.69, 9.17) is 4.74 Å². The normalized spacial score (nSPS) is 37.0. The molecule has 1 heterocycles. The van der Waals surface area contributed by atoms with E-state index in [9.17, 15) is 4.79 Å². The van der Waals surface area contributed by atoms with Gasteiger partial charge in [0.05, 0.1) is 13.0 Å². The third-order valence-electron chi connectivity index (χ3n) is 6.05. The van der Waals surface area contributed by atoms with Gasteiger partial charge in [0.15, 0.2) is 0 Å². The van der Waals surface area contributed by atoms with Crippen LogP contribution in [-0.4, -0.2) is 49.7 Å². The van der Waals surface area contributed by atoms with Gasteiger partial charge in [0.25, 0.3) is 0 Å². The molecule has 2 aliphatic carbocycles. The Morgan fingerprint density at radius 2 is 1.91 bits per heavy atom. The molecule has 2 saturated carbocycles. The Hall–Kier alpha value is -0.610. The van der Waals surface area contributed by atoms with Crippen LogP contribution in [0.25, 0.3) is 0 Å². The van der Waals surface area contributed by atoms with Crippen molar-refractivity contribution in [3.05, 3.63) is 0 Å². The second-order valence-electron chi connectivity index (χ2n) is 7.90. The van der Waals surface area contributed by atoms with Crippen molar-refractivity contribution >= 4 is 5.97 Å². The van der Waals surface area contributed by atoms with E-state index in [2.05, 4.69) is 17.1 Å². The summed E-state index contributed by atoms with van der Waals surface area (Å²) >= 11 is 0. The van der Waals surface area contributed by atoms with Gasteiger partial charge in [-0.1, -0.05) is 19.8 Å². The van der Waals surface area contributed by atoms with Crippen LogP contribution in [0.5, 0.6) is 0 Å². The Labute approximate surface area is 135 Å². The van der Waals surface area contributed by atoms with Crippen LogP contribution in [-0.2, 0) is 9.53 Å². The van der Waals surface area contributed by atoms with E-state index in [1.807, 2.05) is 0 Å². The highest BCUT2D eigenvalue weighted by Crippen LogP contribution is 2.34. The molecule has 0 amide bonds. The van der Waals surface area contributed by atoms with E-state index < -0.39 is 0 Å². The third-order valence-corrected chi connectivity index (χ3v) is 6.05. The molecule has 0 aromatic carbocycles. The Morgan fingerprint density at radius 3 is 2.55 bits per heavy atom. The standard InChI is InChI=1S/C18H32N2O2/c1-13-7-17(8-13)20-11-15(18(21)22-2)9-16(12-20)19-10-14-5-3-4-6-14/h13-17,19H,3-12H2,1-2H3. The van der Waals surface area contributed by atoms with Crippen LogP contribution < -0.4 is 5.32 Å². The maximum absolute atomic E-state index is 12.0. The van der Waals surface area contributed by atoms with Gasteiger partial charge in [-0.15, -0.1) is 0 Å². The molecule has 3 rings (SSSR count). The number of nitrogens with zero attached hydrogens (tertiary/aromatic N) is 1. The summed E-state index contributed by atoms with van der Waals surface area (Å²) in [6, 6.07) is 1.15. The fraction of sp³-hybridized carbons (Fsp3) is 0.944. The molecule has 4 nitrogen and oxygen atoms in total. The predicted molar refractivity (Wildman–Crippen MR) is 87.6 cm³/mol. The number of hydrogen-bond donors (Lipinski definition) is 1. The summed E-state index contributed by atoms with van der Waals surface area (Å²) in [5.41, 5.74) is 0. The van der Waals surface area contributed by atoms with Crippen LogP contribution in [0.2, 0.25) is 0 Å². The molecule has 0 spiro atoms. The van der Waals surface area contributed by atoms with Crippen molar-refractivity contribution in [2.75, 3.05) is 26.7 Å². The number of esters is 1. The number of carbonyl (C=O) groups excluding carboxylic acids is 1. The average Bonchev–Trinajstić information content (AvgIpc) is 3.02. The van der Waals surface area contributed by atoms with Gasteiger partial charge in [-0.2, -0.15) is 0 Å². The second-order valence-corrected chi connectivity index (χ2v) is 7.90. The van der Waals surface area contributed by atoms with Gasteiger partial charge in [0, 0.05) is 25.2 Å². The third kappa shape index (κ3) is 3.83. The van der Waals surface area contributed by atoms with Crippen molar-refractivity contribution in [1.82, 2.24) is 10.2 Å². The molecule has 2 atom stereocenters. The lowest BCUT2D eigenvalue weighted by Crippen LogP contribution is -2.57. The second kappa shape index (κ2) is 7.31. The zero-order valence-electron chi connectivity index (χ0n) is 14.2. The first-order valence-electron chi connectivity index (χ1n) is 9.21. The minimum Gasteiger partial charge on any atom is -0.469 e. The van der Waals surface area contributed by atoms with Gasteiger partial charge in [-0.25, -0.2) is 0 Å². The number of ether oxygens (including phenoxy) is 1. The molecule has 22 heavy (non-hydrogen) atoms. The summed E-state index contributed by atoms with van der Waals surface area (Å²) in [6.45, 7) is 5.46. The highest BCUT2D eigenvalue weighted by molar-refractivity contribution is 5.72. The van der Waals surface area contributed by atoms with Crippen LogP contribution in [0.4, 0.5) is 0 Å². The molecule has 0 bridgehead atoms. The van der Waals surface area contributed by atoms with E-state index in [0.29, 0.717) is 12.1 Å². The molecule has 0 aromatic rings. The van der Waals surface area contributed by atoms with Gasteiger partial charge in [0.2, 0.25) is 0 Å². The topological polar surface area (TPSA) is 41.6 Å². The predicted octanol–water partition coefficient (Wildman–Crippen LogP) is 2.43. The summed E-state index contributed by atoms with van der Waals surface area (Å²) in [5.74, 6) is 1.74. The summed E-state index contributed by atoms with van der Waals surface area (Å²) in [6.07, 6.45) is 9.08. The van der Waals surface area contributed by atoms with E-state index in [-0.39, 0.29) is 11.9 Å².